The molecule has 2 saturated carbocycles. The van der Waals surface area contributed by atoms with Gasteiger partial charge in [-0.1, -0.05) is 25.0 Å². The van der Waals surface area contributed by atoms with Gasteiger partial charge < -0.3 is 0 Å². The van der Waals surface area contributed by atoms with Crippen molar-refractivity contribution in [1.82, 2.24) is 0 Å². The Morgan fingerprint density at radius 1 is 0.750 bits per heavy atom. The molecule has 0 N–H and O–H groups in total. The summed E-state index contributed by atoms with van der Waals surface area (Å²) in [4.78, 5) is 24.2. The zero-order chi connectivity index (χ0) is 14.0. The molecule has 20 heavy (non-hydrogen) atoms. The van der Waals surface area contributed by atoms with Gasteiger partial charge in [-0.05, 0) is 50.4 Å². The summed E-state index contributed by atoms with van der Waals surface area (Å²) in [6.07, 6.45) is 6.98. The van der Waals surface area contributed by atoms with E-state index in [1.807, 2.05) is 0 Å². The van der Waals surface area contributed by atoms with E-state index in [0.29, 0.717) is 23.7 Å². The zero-order valence-corrected chi connectivity index (χ0v) is 12.4. The average molecular weight is 270 g/mol. The monoisotopic (exact) mass is 270 g/mol. The van der Waals surface area contributed by atoms with Crippen LogP contribution < -0.4 is 10.9 Å². The van der Waals surface area contributed by atoms with Gasteiger partial charge in [0.25, 0.3) is 0 Å². The molecule has 0 aromatic heterocycles. The molecule has 3 aliphatic rings. The minimum absolute atomic E-state index is 0.158. The average Bonchev–Trinajstić information content (AvgIpc) is 2.44. The minimum Gasteiger partial charge on any atom is -0.285 e. The maximum absolute atomic E-state index is 12.1. The highest BCUT2D eigenvalue weighted by molar-refractivity contribution is 5.53. The van der Waals surface area contributed by atoms with Gasteiger partial charge in [-0.3, -0.25) is 9.59 Å². The van der Waals surface area contributed by atoms with Crippen LogP contribution in [0.2, 0.25) is 0 Å². The molecule has 3 aliphatic carbocycles. The predicted molar refractivity (Wildman–Crippen MR) is 79.9 cm³/mol. The lowest BCUT2D eigenvalue weighted by Crippen LogP contribution is -2.47. The second-order valence-electron chi connectivity index (χ2n) is 7.40. The summed E-state index contributed by atoms with van der Waals surface area (Å²) in [5.74, 6) is 1.97. The summed E-state index contributed by atoms with van der Waals surface area (Å²) in [5, 5.41) is 0. The van der Waals surface area contributed by atoms with Crippen molar-refractivity contribution in [2.24, 2.45) is 11.8 Å². The molecule has 0 saturated heterocycles. The molecule has 0 spiro atoms. The Morgan fingerprint density at radius 3 is 1.55 bits per heavy atom. The van der Waals surface area contributed by atoms with E-state index >= 15 is 0 Å². The summed E-state index contributed by atoms with van der Waals surface area (Å²) in [6.45, 7) is 4.56. The van der Waals surface area contributed by atoms with Crippen molar-refractivity contribution in [3.8, 4) is 0 Å². The first-order valence-electron chi connectivity index (χ1n) is 8.12. The van der Waals surface area contributed by atoms with E-state index in [2.05, 4.69) is 13.8 Å². The number of fused-ring (bicyclic) bond motifs is 5. The van der Waals surface area contributed by atoms with E-state index in [1.54, 1.807) is 11.1 Å². The molecular formula is C18H22O2. The summed E-state index contributed by atoms with van der Waals surface area (Å²) in [7, 11) is 0. The maximum atomic E-state index is 12.1. The second-order valence-corrected chi connectivity index (χ2v) is 7.40. The van der Waals surface area contributed by atoms with Crippen LogP contribution >= 0.6 is 0 Å². The lowest BCUT2D eigenvalue weighted by molar-refractivity contribution is 0.352. The molecule has 2 nitrogen and oxygen atoms in total. The summed E-state index contributed by atoms with van der Waals surface area (Å²) < 4.78 is 0. The molecule has 0 unspecified atom stereocenters. The van der Waals surface area contributed by atoms with E-state index in [1.165, 1.54) is 12.8 Å². The number of allylic oxidation sites excluding steroid dienone is 2. The van der Waals surface area contributed by atoms with Gasteiger partial charge >= 0.3 is 0 Å². The largest absolute Gasteiger partial charge is 0.285 e. The molecule has 106 valence electrons. The third-order valence-corrected chi connectivity index (χ3v) is 6.03. The highest BCUT2D eigenvalue weighted by Gasteiger charge is 2.44. The van der Waals surface area contributed by atoms with Crippen LogP contribution in [0.15, 0.2) is 20.7 Å². The minimum atomic E-state index is -0.158. The summed E-state index contributed by atoms with van der Waals surface area (Å²) >= 11 is 0. The second kappa shape index (κ2) is 4.16. The predicted octanol–water partition coefficient (Wildman–Crippen LogP) is 3.40. The van der Waals surface area contributed by atoms with Crippen molar-refractivity contribution in [2.75, 3.05) is 0 Å². The van der Waals surface area contributed by atoms with Crippen LogP contribution in [0.4, 0.5) is 0 Å². The van der Waals surface area contributed by atoms with E-state index < -0.39 is 0 Å². The van der Waals surface area contributed by atoms with Gasteiger partial charge in [0.2, 0.25) is 10.9 Å². The van der Waals surface area contributed by atoms with Crippen LogP contribution in [0.1, 0.15) is 75.3 Å². The highest BCUT2D eigenvalue weighted by Crippen LogP contribution is 2.53. The van der Waals surface area contributed by atoms with Crippen molar-refractivity contribution in [3.05, 3.63) is 42.7 Å². The molecule has 2 heteroatoms. The fourth-order valence-electron chi connectivity index (χ4n) is 4.95. The molecule has 4 rings (SSSR count). The molecule has 0 aliphatic heterocycles. The molecule has 0 heterocycles. The Bertz CT molecular complexity index is 614. The molecule has 0 radical (unpaired) electrons. The van der Waals surface area contributed by atoms with E-state index in [-0.39, 0.29) is 10.9 Å². The number of hydrogen-bond acceptors (Lipinski definition) is 2. The van der Waals surface area contributed by atoms with Crippen LogP contribution in [0.5, 0.6) is 0 Å². The molecule has 0 amide bonds. The van der Waals surface area contributed by atoms with Gasteiger partial charge in [0, 0.05) is 23.0 Å². The Morgan fingerprint density at radius 2 is 1.15 bits per heavy atom. The first kappa shape index (κ1) is 12.6. The van der Waals surface area contributed by atoms with Gasteiger partial charge in [-0.2, -0.15) is 0 Å². The molecule has 2 fully saturated rings. The van der Waals surface area contributed by atoms with E-state index in [9.17, 15) is 9.59 Å². The van der Waals surface area contributed by atoms with Gasteiger partial charge in [0.15, 0.2) is 0 Å². The third-order valence-electron chi connectivity index (χ3n) is 6.03. The Balaban J connectivity index is 1.88. The molecule has 1 aromatic rings. The van der Waals surface area contributed by atoms with Gasteiger partial charge in [-0.15, -0.1) is 0 Å². The maximum Gasteiger partial charge on any atom is 0.230 e. The van der Waals surface area contributed by atoms with Crippen molar-refractivity contribution < 1.29 is 0 Å². The van der Waals surface area contributed by atoms with E-state index in [4.69, 9.17) is 0 Å². The Hall–Kier alpha value is -1.18. The van der Waals surface area contributed by atoms with Crippen molar-refractivity contribution in [1.29, 1.82) is 0 Å². The fourth-order valence-corrected chi connectivity index (χ4v) is 4.95. The van der Waals surface area contributed by atoms with Crippen LogP contribution in [-0.2, 0) is 0 Å². The first-order chi connectivity index (χ1) is 9.58. The van der Waals surface area contributed by atoms with Gasteiger partial charge in [0.05, 0.1) is 0 Å². The van der Waals surface area contributed by atoms with Crippen LogP contribution in [0.3, 0.4) is 0 Å². The third kappa shape index (κ3) is 1.51. The molecular weight excluding hydrogens is 248 g/mol. The Kier molecular flexibility index (Phi) is 2.61. The number of hydrogen-bond donors (Lipinski definition) is 0. The van der Waals surface area contributed by atoms with Gasteiger partial charge in [-0.25, -0.2) is 0 Å². The smallest absolute Gasteiger partial charge is 0.230 e. The van der Waals surface area contributed by atoms with Crippen molar-refractivity contribution >= 4 is 0 Å². The lowest BCUT2D eigenvalue weighted by atomic mass is 9.59. The van der Waals surface area contributed by atoms with Crippen molar-refractivity contribution in [2.45, 2.75) is 64.2 Å². The zero-order valence-electron chi connectivity index (χ0n) is 12.4. The lowest BCUT2D eigenvalue weighted by Gasteiger charge is -2.43. The summed E-state index contributed by atoms with van der Waals surface area (Å²) in [5.41, 5.74) is 4.65. The normalized spacial score (nSPS) is 36.5. The SMILES string of the molecule is C[C@@H]1CCC2=C3CC[C@H](C)C[C@H]3c3c(c(=O)c3=O)[C@@H]2C1. The molecule has 0 bridgehead atoms. The standard InChI is InChI=1S/C18H22O2/c1-9-3-5-11-12-6-4-10(2)8-14(12)16-15(13(11)7-9)17(19)18(16)20/h9-10,13-14H,3-8H2,1-2H3/t9-,10+,13-,14-/m1/s1. The topological polar surface area (TPSA) is 34.1 Å². The first-order valence-corrected chi connectivity index (χ1v) is 8.12. The fraction of sp³-hybridized carbons (Fsp3) is 0.667. The Labute approximate surface area is 119 Å². The van der Waals surface area contributed by atoms with Crippen LogP contribution in [0, 0.1) is 11.8 Å². The molecule has 4 atom stereocenters. The van der Waals surface area contributed by atoms with E-state index in [0.717, 1.165) is 36.8 Å². The quantitative estimate of drug-likeness (QED) is 0.535. The number of rotatable bonds is 0. The summed E-state index contributed by atoms with van der Waals surface area (Å²) in [6, 6.07) is 0. The molecule has 1 aromatic carbocycles. The van der Waals surface area contributed by atoms with Gasteiger partial charge in [0.1, 0.15) is 0 Å². The van der Waals surface area contributed by atoms with Crippen LogP contribution in [-0.4, -0.2) is 0 Å². The van der Waals surface area contributed by atoms with Crippen LogP contribution in [0.25, 0.3) is 0 Å². The van der Waals surface area contributed by atoms with Crippen molar-refractivity contribution in [3.63, 3.8) is 0 Å². The highest BCUT2D eigenvalue weighted by atomic mass is 16.2.